The van der Waals surface area contributed by atoms with Crippen LogP contribution < -0.4 is 10.6 Å². The van der Waals surface area contributed by atoms with Crippen LogP contribution in [0.5, 0.6) is 0 Å². The maximum Gasteiger partial charge on any atom is 0.166 e. The molecule has 5 N–H and O–H groups in total. The fourth-order valence-electron chi connectivity index (χ4n) is 8.13. The number of halogens is 2. The number of fused-ring (bicyclic) bond motifs is 4. The van der Waals surface area contributed by atoms with E-state index in [4.69, 9.17) is 9.72 Å². The molecule has 18 heteroatoms. The van der Waals surface area contributed by atoms with Crippen LogP contribution in [-0.4, -0.2) is 97.0 Å². The summed E-state index contributed by atoms with van der Waals surface area (Å²) in [6, 6.07) is 19.1. The molecule has 2 unspecified atom stereocenters. The Morgan fingerprint density at radius 3 is 1.85 bits per heavy atom. The van der Waals surface area contributed by atoms with Gasteiger partial charge < -0.3 is 39.6 Å². The summed E-state index contributed by atoms with van der Waals surface area (Å²) in [6.07, 6.45) is 15.4. The predicted octanol–water partition coefficient (Wildman–Crippen LogP) is 7.84. The highest BCUT2D eigenvalue weighted by molar-refractivity contribution is 5.87. The fraction of sp³-hybridized carbons (Fsp3) is 0.234. The summed E-state index contributed by atoms with van der Waals surface area (Å²) in [5.74, 6) is 1.03. The number of aromatic amines is 2. The van der Waals surface area contributed by atoms with Crippen LogP contribution in [0.3, 0.4) is 0 Å². The maximum atomic E-state index is 13.8. The number of hydrogen-bond donors (Lipinski definition) is 5. The topological polar surface area (TPSA) is 198 Å². The number of aromatic nitrogens is 12. The van der Waals surface area contributed by atoms with Crippen LogP contribution in [0.25, 0.3) is 66.9 Å². The second-order valence-corrected chi connectivity index (χ2v) is 15.8. The number of aliphatic hydroxyl groups excluding tert-OH is 1. The molecule has 1 aliphatic rings. The third kappa shape index (κ3) is 8.55. The van der Waals surface area contributed by atoms with Gasteiger partial charge in [0.2, 0.25) is 0 Å². The number of aliphatic hydroxyl groups is 1. The Hall–Kier alpha value is -7.70. The molecule has 0 bridgehead atoms. The van der Waals surface area contributed by atoms with E-state index in [1.165, 1.54) is 46.4 Å². The van der Waals surface area contributed by atoms with Gasteiger partial charge in [0.05, 0.1) is 50.3 Å². The number of anilines is 2. The second-order valence-electron chi connectivity index (χ2n) is 15.8. The van der Waals surface area contributed by atoms with Gasteiger partial charge >= 0.3 is 0 Å². The first-order valence-corrected chi connectivity index (χ1v) is 21.4. The standard InChI is InChI=1S/C24H22FN7O.C23H22FN7O/c25-17-9-16(10-26-12-17)22-30-23(21-24(31-22)32(14-29-21)18-6-8-33-13-18)27-7-5-15-11-28-20-4-2-1-3-19(15)20;1-14(12-32)31-13-28-20-22(26-7-6-15-10-27-19-5-3-2-4-18(15)19)29-21(30-23(20)31)16-8-17(24)11-25-9-16/h1-4,9-12,14,18,28H,5-8,13H2,(H,27,30,31);2-5,8-11,13-14,27,32H,6-7,12H2,1H3,(H,26,29,30). The summed E-state index contributed by atoms with van der Waals surface area (Å²) >= 11 is 0. The van der Waals surface area contributed by atoms with E-state index in [1.807, 2.05) is 48.1 Å². The molecule has 0 amide bonds. The van der Waals surface area contributed by atoms with Crippen LogP contribution in [0, 0.1) is 11.6 Å². The molecule has 8 aromatic heterocycles. The van der Waals surface area contributed by atoms with E-state index in [0.717, 1.165) is 36.5 Å². The SMILES string of the molecule is CC(CO)n1cnc2c(NCCc3c[nH]c4ccccc34)nc(-c3cncc(F)c3)nc21.Fc1cncc(-c2nc(NCCc3c[nH]c4ccccc34)c3ncn(C4CCOC4)c3n2)c1. The largest absolute Gasteiger partial charge is 0.394 e. The maximum absolute atomic E-state index is 13.8. The Balaban J connectivity index is 0.000000153. The molecule has 1 fully saturated rings. The highest BCUT2D eigenvalue weighted by atomic mass is 19.1. The molecule has 0 spiro atoms. The van der Waals surface area contributed by atoms with Crippen molar-refractivity contribution in [2.45, 2.75) is 38.3 Å². The van der Waals surface area contributed by atoms with E-state index in [-0.39, 0.29) is 18.7 Å². The van der Waals surface area contributed by atoms with Crippen molar-refractivity contribution in [2.24, 2.45) is 0 Å². The highest BCUT2D eigenvalue weighted by Gasteiger charge is 2.23. The van der Waals surface area contributed by atoms with Gasteiger partial charge in [-0.15, -0.1) is 0 Å². The zero-order valence-electron chi connectivity index (χ0n) is 35.3. The molecule has 10 aromatic rings. The van der Waals surface area contributed by atoms with Gasteiger partial charge in [-0.2, -0.15) is 0 Å². The van der Waals surface area contributed by atoms with Crippen LogP contribution in [0.2, 0.25) is 0 Å². The normalized spacial score (nSPS) is 14.3. The molecule has 11 rings (SSSR count). The van der Waals surface area contributed by atoms with Crippen LogP contribution >= 0.6 is 0 Å². The number of nitrogens with zero attached hydrogens (tertiary/aromatic N) is 10. The van der Waals surface area contributed by atoms with E-state index in [2.05, 4.69) is 79.8 Å². The third-order valence-corrected chi connectivity index (χ3v) is 11.5. The van der Waals surface area contributed by atoms with E-state index < -0.39 is 11.6 Å². The lowest BCUT2D eigenvalue weighted by atomic mass is 10.1. The molecule has 1 aliphatic heterocycles. The van der Waals surface area contributed by atoms with E-state index in [0.29, 0.717) is 83.0 Å². The van der Waals surface area contributed by atoms with Crippen LogP contribution in [0.4, 0.5) is 20.4 Å². The number of hydrogen-bond acceptors (Lipinski definition) is 12. The van der Waals surface area contributed by atoms with Gasteiger partial charge in [-0.3, -0.25) is 9.97 Å². The molecule has 0 aliphatic carbocycles. The number of benzene rings is 2. The third-order valence-electron chi connectivity index (χ3n) is 11.5. The van der Waals surface area contributed by atoms with Crippen molar-refractivity contribution >= 4 is 55.8 Å². The van der Waals surface area contributed by atoms with Gasteiger partial charge in [0.25, 0.3) is 0 Å². The van der Waals surface area contributed by atoms with Gasteiger partial charge in [-0.1, -0.05) is 36.4 Å². The van der Waals surface area contributed by atoms with Gasteiger partial charge in [0.1, 0.15) is 22.7 Å². The Labute approximate surface area is 370 Å². The Kier molecular flexibility index (Phi) is 11.6. The number of rotatable bonds is 13. The summed E-state index contributed by atoms with van der Waals surface area (Å²) in [5, 5.41) is 18.8. The molecule has 9 heterocycles. The van der Waals surface area contributed by atoms with Crippen molar-refractivity contribution in [2.75, 3.05) is 43.5 Å². The Morgan fingerprint density at radius 2 is 1.29 bits per heavy atom. The monoisotopic (exact) mass is 874 g/mol. The lowest BCUT2D eigenvalue weighted by Crippen LogP contribution is -2.11. The molecule has 65 heavy (non-hydrogen) atoms. The molecule has 1 saturated heterocycles. The van der Waals surface area contributed by atoms with Crippen molar-refractivity contribution in [3.8, 4) is 22.8 Å². The Morgan fingerprint density at radius 1 is 0.738 bits per heavy atom. The molecule has 2 aromatic carbocycles. The first-order valence-electron chi connectivity index (χ1n) is 21.4. The minimum Gasteiger partial charge on any atom is -0.394 e. The minimum absolute atomic E-state index is 0.0599. The molecule has 328 valence electrons. The van der Waals surface area contributed by atoms with E-state index in [1.54, 1.807) is 23.4 Å². The highest BCUT2D eigenvalue weighted by Crippen LogP contribution is 2.30. The van der Waals surface area contributed by atoms with Crippen LogP contribution in [0.15, 0.2) is 110 Å². The van der Waals surface area contributed by atoms with E-state index in [9.17, 15) is 13.9 Å². The van der Waals surface area contributed by atoms with Gasteiger partial charge in [-0.25, -0.2) is 38.7 Å². The van der Waals surface area contributed by atoms with Gasteiger partial charge in [0.15, 0.2) is 34.6 Å². The average Bonchev–Trinajstić information content (AvgIpc) is 4.20. The fourth-order valence-corrected chi connectivity index (χ4v) is 8.13. The summed E-state index contributed by atoms with van der Waals surface area (Å²) in [5.41, 5.74) is 8.19. The van der Waals surface area contributed by atoms with Gasteiger partial charge in [0, 0.05) is 77.4 Å². The first-order chi connectivity index (χ1) is 31.9. The lowest BCUT2D eigenvalue weighted by Gasteiger charge is -2.12. The summed E-state index contributed by atoms with van der Waals surface area (Å²) in [4.78, 5) is 42.2. The van der Waals surface area contributed by atoms with Crippen molar-refractivity contribution in [1.29, 1.82) is 0 Å². The number of pyridine rings is 2. The first kappa shape index (κ1) is 41.3. The quantitative estimate of drug-likeness (QED) is 0.0754. The molecular weight excluding hydrogens is 831 g/mol. The van der Waals surface area contributed by atoms with Gasteiger partial charge in [-0.05, 0) is 61.6 Å². The number of imidazole rings is 2. The van der Waals surface area contributed by atoms with Crippen molar-refractivity contribution in [3.63, 3.8) is 0 Å². The average molecular weight is 875 g/mol. The molecule has 0 radical (unpaired) electrons. The number of nitrogens with one attached hydrogen (secondary N) is 4. The molecule has 16 nitrogen and oxygen atoms in total. The van der Waals surface area contributed by atoms with Crippen LogP contribution in [-0.2, 0) is 17.6 Å². The number of para-hydroxylation sites is 2. The summed E-state index contributed by atoms with van der Waals surface area (Å²) in [6.45, 7) is 4.43. The summed E-state index contributed by atoms with van der Waals surface area (Å²) in [7, 11) is 0. The zero-order chi connectivity index (χ0) is 44.3. The van der Waals surface area contributed by atoms with Crippen LogP contribution in [0.1, 0.15) is 36.6 Å². The minimum atomic E-state index is -0.461. The predicted molar refractivity (Wildman–Crippen MR) is 244 cm³/mol. The number of ether oxygens (including phenoxy) is 1. The second kappa shape index (κ2) is 18.2. The smallest absolute Gasteiger partial charge is 0.166 e. The molecule has 2 atom stereocenters. The molecule has 0 saturated carbocycles. The van der Waals surface area contributed by atoms with Crippen molar-refractivity contribution < 1.29 is 18.6 Å². The molecular formula is C47H44F2N14O2. The summed E-state index contributed by atoms with van der Waals surface area (Å²) < 4.78 is 37.0. The Bertz CT molecular complexity index is 3260. The van der Waals surface area contributed by atoms with Crippen molar-refractivity contribution in [1.82, 2.24) is 59.0 Å². The number of H-pyrrole nitrogens is 2. The van der Waals surface area contributed by atoms with E-state index >= 15 is 0 Å². The lowest BCUT2D eigenvalue weighted by molar-refractivity contribution is 0.187. The van der Waals surface area contributed by atoms with Crippen molar-refractivity contribution in [3.05, 3.63) is 133 Å². The zero-order valence-corrected chi connectivity index (χ0v) is 35.3.